The van der Waals surface area contributed by atoms with Gasteiger partial charge in [0.1, 0.15) is 5.75 Å². The van der Waals surface area contributed by atoms with E-state index in [4.69, 9.17) is 21.1 Å². The molecule has 1 N–H and O–H groups in total. The predicted octanol–water partition coefficient (Wildman–Crippen LogP) is 4.54. The number of anilines is 1. The third-order valence-corrected chi connectivity index (χ3v) is 4.35. The Morgan fingerprint density at radius 2 is 1.69 bits per heavy atom. The van der Waals surface area contributed by atoms with E-state index in [1.54, 1.807) is 50.2 Å². The van der Waals surface area contributed by atoms with E-state index in [0.29, 0.717) is 28.6 Å². The van der Waals surface area contributed by atoms with E-state index in [-0.39, 0.29) is 5.91 Å². The number of halogens is 1. The molecule has 26 heavy (non-hydrogen) atoms. The summed E-state index contributed by atoms with van der Waals surface area (Å²) < 4.78 is 10.6. The number of aryl methyl sites for hydroxylation is 2. The van der Waals surface area contributed by atoms with Gasteiger partial charge in [0.05, 0.1) is 12.2 Å². The largest absolute Gasteiger partial charge is 0.481 e. The lowest BCUT2D eigenvalue weighted by atomic mass is 10.1. The number of esters is 1. The second-order valence-corrected chi connectivity index (χ2v) is 6.30. The molecule has 138 valence electrons. The fourth-order valence-electron chi connectivity index (χ4n) is 2.38. The van der Waals surface area contributed by atoms with Gasteiger partial charge in [0.15, 0.2) is 6.10 Å². The van der Waals surface area contributed by atoms with Gasteiger partial charge in [-0.1, -0.05) is 11.6 Å². The van der Waals surface area contributed by atoms with Crippen LogP contribution in [0.25, 0.3) is 0 Å². The van der Waals surface area contributed by atoms with Gasteiger partial charge in [-0.25, -0.2) is 4.79 Å². The minimum absolute atomic E-state index is 0.292. The molecule has 0 aliphatic carbocycles. The summed E-state index contributed by atoms with van der Waals surface area (Å²) in [5.74, 6) is -0.0978. The molecular weight excluding hydrogens is 354 g/mol. The van der Waals surface area contributed by atoms with Crippen molar-refractivity contribution in [3.63, 3.8) is 0 Å². The van der Waals surface area contributed by atoms with E-state index < -0.39 is 12.1 Å². The van der Waals surface area contributed by atoms with E-state index in [1.807, 2.05) is 13.8 Å². The normalized spacial score (nSPS) is 11.6. The number of hydrogen-bond donors (Lipinski definition) is 1. The van der Waals surface area contributed by atoms with Crippen LogP contribution in [0.4, 0.5) is 5.69 Å². The molecule has 0 heterocycles. The van der Waals surface area contributed by atoms with Crippen LogP contribution in [0.1, 0.15) is 35.3 Å². The highest BCUT2D eigenvalue weighted by Gasteiger charge is 2.16. The van der Waals surface area contributed by atoms with Crippen LogP contribution in [0.15, 0.2) is 36.4 Å². The third kappa shape index (κ3) is 4.99. The molecule has 5 nitrogen and oxygen atoms in total. The summed E-state index contributed by atoms with van der Waals surface area (Å²) in [5, 5.41) is 3.45. The number of rotatable bonds is 6. The average molecular weight is 376 g/mol. The number of amides is 1. The minimum Gasteiger partial charge on any atom is -0.481 e. The van der Waals surface area contributed by atoms with Gasteiger partial charge in [-0.3, -0.25) is 4.79 Å². The fourth-order valence-corrected chi connectivity index (χ4v) is 2.49. The van der Waals surface area contributed by atoms with Crippen LogP contribution in [0, 0.1) is 13.8 Å². The van der Waals surface area contributed by atoms with E-state index >= 15 is 0 Å². The van der Waals surface area contributed by atoms with E-state index in [2.05, 4.69) is 5.32 Å². The van der Waals surface area contributed by atoms with Crippen molar-refractivity contribution in [2.75, 3.05) is 11.9 Å². The Labute approximate surface area is 158 Å². The van der Waals surface area contributed by atoms with Crippen LogP contribution >= 0.6 is 11.6 Å². The first kappa shape index (κ1) is 19.8. The molecule has 0 saturated heterocycles. The number of hydrogen-bond acceptors (Lipinski definition) is 4. The minimum atomic E-state index is -0.695. The van der Waals surface area contributed by atoms with Gasteiger partial charge in [-0.15, -0.1) is 0 Å². The Hall–Kier alpha value is -2.53. The van der Waals surface area contributed by atoms with Crippen molar-refractivity contribution in [2.24, 2.45) is 0 Å². The number of benzene rings is 2. The molecular formula is C20H22ClNO4. The average Bonchev–Trinajstić information content (AvgIpc) is 2.60. The topological polar surface area (TPSA) is 64.6 Å². The van der Waals surface area contributed by atoms with E-state index in [1.165, 1.54) is 0 Å². The first-order valence-corrected chi connectivity index (χ1v) is 8.71. The quantitative estimate of drug-likeness (QED) is 0.753. The molecule has 0 aliphatic rings. The molecule has 0 bridgehead atoms. The zero-order chi connectivity index (χ0) is 19.3. The number of carbonyl (C=O) groups is 2. The second kappa shape index (κ2) is 8.72. The van der Waals surface area contributed by atoms with Crippen LogP contribution in [-0.2, 0) is 9.53 Å². The van der Waals surface area contributed by atoms with E-state index in [0.717, 1.165) is 11.1 Å². The first-order chi connectivity index (χ1) is 12.3. The van der Waals surface area contributed by atoms with Crippen molar-refractivity contribution in [1.29, 1.82) is 0 Å². The zero-order valence-electron chi connectivity index (χ0n) is 15.3. The number of nitrogens with one attached hydrogen (secondary N) is 1. The van der Waals surface area contributed by atoms with Crippen LogP contribution in [0.5, 0.6) is 5.75 Å². The summed E-state index contributed by atoms with van der Waals surface area (Å²) in [6.07, 6.45) is -0.695. The first-order valence-electron chi connectivity index (χ1n) is 8.33. The zero-order valence-corrected chi connectivity index (χ0v) is 16.0. The van der Waals surface area contributed by atoms with Crippen molar-refractivity contribution in [2.45, 2.75) is 33.8 Å². The molecule has 0 spiro atoms. The van der Waals surface area contributed by atoms with Crippen molar-refractivity contribution in [3.05, 3.63) is 58.1 Å². The lowest BCUT2D eigenvalue weighted by molar-refractivity contribution is -0.122. The highest BCUT2D eigenvalue weighted by atomic mass is 35.5. The van der Waals surface area contributed by atoms with Crippen LogP contribution < -0.4 is 10.1 Å². The highest BCUT2D eigenvalue weighted by molar-refractivity contribution is 6.32. The molecule has 1 amide bonds. The summed E-state index contributed by atoms with van der Waals surface area (Å²) in [7, 11) is 0. The summed E-state index contributed by atoms with van der Waals surface area (Å²) >= 11 is 6.14. The van der Waals surface area contributed by atoms with Gasteiger partial charge in [-0.2, -0.15) is 0 Å². The van der Waals surface area contributed by atoms with E-state index in [9.17, 15) is 9.59 Å². The summed E-state index contributed by atoms with van der Waals surface area (Å²) in [5.41, 5.74) is 2.79. The van der Waals surface area contributed by atoms with Gasteiger partial charge < -0.3 is 14.8 Å². The molecule has 1 unspecified atom stereocenters. The predicted molar refractivity (Wildman–Crippen MR) is 102 cm³/mol. The second-order valence-electron chi connectivity index (χ2n) is 5.92. The van der Waals surface area contributed by atoms with Crippen LogP contribution in [0.3, 0.4) is 0 Å². The van der Waals surface area contributed by atoms with Crippen molar-refractivity contribution < 1.29 is 19.1 Å². The monoisotopic (exact) mass is 375 g/mol. The Kier molecular flexibility index (Phi) is 6.64. The maximum Gasteiger partial charge on any atom is 0.338 e. The maximum absolute atomic E-state index is 12.3. The van der Waals surface area contributed by atoms with Crippen molar-refractivity contribution in [3.8, 4) is 5.75 Å². The van der Waals surface area contributed by atoms with Crippen LogP contribution in [-0.4, -0.2) is 24.6 Å². The molecule has 2 rings (SSSR count). The lowest BCUT2D eigenvalue weighted by Crippen LogP contribution is -2.30. The fraction of sp³-hybridized carbons (Fsp3) is 0.300. The Bertz CT molecular complexity index is 779. The summed E-state index contributed by atoms with van der Waals surface area (Å²) in [4.78, 5) is 24.0. The van der Waals surface area contributed by atoms with Gasteiger partial charge in [0.2, 0.25) is 0 Å². The Morgan fingerprint density at radius 3 is 2.23 bits per heavy atom. The molecule has 2 aromatic rings. The highest BCUT2D eigenvalue weighted by Crippen LogP contribution is 2.26. The lowest BCUT2D eigenvalue weighted by Gasteiger charge is -2.16. The Balaban J connectivity index is 1.99. The molecule has 0 radical (unpaired) electrons. The van der Waals surface area contributed by atoms with Gasteiger partial charge in [0.25, 0.3) is 5.91 Å². The number of ether oxygens (including phenoxy) is 2. The van der Waals surface area contributed by atoms with Crippen molar-refractivity contribution in [1.82, 2.24) is 0 Å². The Morgan fingerprint density at radius 1 is 1.12 bits per heavy atom. The molecule has 2 aromatic carbocycles. The van der Waals surface area contributed by atoms with Gasteiger partial charge in [0, 0.05) is 10.7 Å². The SMILES string of the molecule is CCOC(=O)c1ccc(NC(=O)C(C)Oc2cc(C)c(Cl)c(C)c2)cc1. The summed E-state index contributed by atoms with van der Waals surface area (Å²) in [6.45, 7) is 7.50. The van der Waals surface area contributed by atoms with Gasteiger partial charge in [-0.05, 0) is 75.2 Å². The third-order valence-electron chi connectivity index (χ3n) is 3.76. The molecule has 0 fully saturated rings. The molecule has 6 heteroatoms. The molecule has 0 aromatic heterocycles. The van der Waals surface area contributed by atoms with Crippen molar-refractivity contribution >= 4 is 29.2 Å². The smallest absolute Gasteiger partial charge is 0.338 e. The maximum atomic E-state index is 12.3. The molecule has 1 atom stereocenters. The van der Waals surface area contributed by atoms with Gasteiger partial charge >= 0.3 is 5.97 Å². The summed E-state index contributed by atoms with van der Waals surface area (Å²) in [6, 6.07) is 10.1. The standard InChI is InChI=1S/C20H22ClNO4/c1-5-25-20(24)15-6-8-16(9-7-15)22-19(23)14(4)26-17-10-12(2)18(21)13(3)11-17/h6-11,14H,5H2,1-4H3,(H,22,23). The molecule has 0 saturated carbocycles. The molecule has 0 aliphatic heterocycles. The van der Waals surface area contributed by atoms with Crippen LogP contribution in [0.2, 0.25) is 5.02 Å². The number of carbonyl (C=O) groups excluding carboxylic acids is 2.